The first-order valence-corrected chi connectivity index (χ1v) is 12.6. The zero-order valence-electron chi connectivity index (χ0n) is 22.0. The number of benzene rings is 1. The number of anilines is 1. The molecule has 5 aromatic rings. The maximum absolute atomic E-state index is 13.3. The van der Waals surface area contributed by atoms with E-state index in [2.05, 4.69) is 45.4 Å². The monoisotopic (exact) mass is 617 g/mol. The third-order valence-electron chi connectivity index (χ3n) is 6.41. The standard InChI is InChI=1S/C24H19F4N11O5/c25-22(26)43-13-2-3-17(44-23(27)28)14(6-13)19-16(31-21(40)15-7-30-38-5-1-4-29-20(15)38)10-37(34-19)11-18-32-35-39(33-18)12-8-36(9-12)24(41)42/h1-7,10,12,22-23H,8-9,11H2,(H,31,40)(H,41,42). The van der Waals surface area contributed by atoms with Crippen molar-refractivity contribution in [2.75, 3.05) is 18.4 Å². The Labute approximate surface area is 242 Å². The van der Waals surface area contributed by atoms with Gasteiger partial charge in [0.1, 0.15) is 35.3 Å². The zero-order valence-corrected chi connectivity index (χ0v) is 22.0. The molecule has 1 aliphatic heterocycles. The number of nitrogens with zero attached hydrogens (tertiary/aromatic N) is 10. The molecule has 1 aliphatic rings. The predicted octanol–water partition coefficient (Wildman–Crippen LogP) is 2.62. The van der Waals surface area contributed by atoms with Gasteiger partial charge in [-0.3, -0.25) is 9.48 Å². The highest BCUT2D eigenvalue weighted by Crippen LogP contribution is 2.38. The van der Waals surface area contributed by atoms with Crippen LogP contribution in [0, 0.1) is 0 Å². The minimum absolute atomic E-state index is 0.0259. The Balaban J connectivity index is 1.35. The quantitative estimate of drug-likeness (QED) is 0.220. The molecule has 0 aliphatic carbocycles. The van der Waals surface area contributed by atoms with Gasteiger partial charge in [0.05, 0.1) is 30.5 Å². The van der Waals surface area contributed by atoms with Crippen molar-refractivity contribution < 1.29 is 41.7 Å². The van der Waals surface area contributed by atoms with Gasteiger partial charge in [0.25, 0.3) is 5.91 Å². The van der Waals surface area contributed by atoms with Crippen LogP contribution in [0.4, 0.5) is 28.0 Å². The maximum Gasteiger partial charge on any atom is 0.407 e. The second-order valence-electron chi connectivity index (χ2n) is 9.27. The molecule has 1 aromatic carbocycles. The molecule has 2 N–H and O–H groups in total. The molecule has 0 radical (unpaired) electrons. The van der Waals surface area contributed by atoms with Gasteiger partial charge in [0.2, 0.25) is 0 Å². The Morgan fingerprint density at radius 2 is 1.91 bits per heavy atom. The van der Waals surface area contributed by atoms with Crippen LogP contribution in [0.1, 0.15) is 22.2 Å². The van der Waals surface area contributed by atoms with E-state index in [1.54, 1.807) is 12.3 Å². The first-order chi connectivity index (χ1) is 21.1. The van der Waals surface area contributed by atoms with Gasteiger partial charge in [0.15, 0.2) is 11.5 Å². The maximum atomic E-state index is 13.3. The smallest absolute Gasteiger partial charge is 0.407 e. The summed E-state index contributed by atoms with van der Waals surface area (Å²) in [5, 5.41) is 32.3. The van der Waals surface area contributed by atoms with Gasteiger partial charge in [-0.15, -0.1) is 10.2 Å². The van der Waals surface area contributed by atoms with Crippen LogP contribution in [0.25, 0.3) is 16.9 Å². The fourth-order valence-electron chi connectivity index (χ4n) is 4.41. The van der Waals surface area contributed by atoms with Crippen molar-refractivity contribution in [3.05, 3.63) is 60.4 Å². The summed E-state index contributed by atoms with van der Waals surface area (Å²) in [6.45, 7) is -6.26. The zero-order chi connectivity index (χ0) is 31.0. The van der Waals surface area contributed by atoms with E-state index in [1.807, 2.05) is 0 Å². The predicted molar refractivity (Wildman–Crippen MR) is 137 cm³/mol. The molecule has 0 atom stereocenters. The Bertz CT molecular complexity index is 1840. The van der Waals surface area contributed by atoms with Gasteiger partial charge < -0.3 is 24.8 Å². The van der Waals surface area contributed by atoms with Crippen LogP contribution >= 0.6 is 0 Å². The number of ether oxygens (including phenoxy) is 2. The van der Waals surface area contributed by atoms with Gasteiger partial charge in [-0.2, -0.15) is 32.6 Å². The number of likely N-dealkylation sites (tertiary alicyclic amines) is 1. The molecule has 44 heavy (non-hydrogen) atoms. The van der Waals surface area contributed by atoms with Crippen LogP contribution in [-0.4, -0.2) is 92.9 Å². The molecule has 1 saturated heterocycles. The summed E-state index contributed by atoms with van der Waals surface area (Å²) in [4.78, 5) is 30.9. The lowest BCUT2D eigenvalue weighted by atomic mass is 10.1. The van der Waals surface area contributed by atoms with Gasteiger partial charge in [0, 0.05) is 18.6 Å². The number of halogens is 4. The highest BCUT2D eigenvalue weighted by molar-refractivity contribution is 6.09. The molecule has 2 amide bonds. The van der Waals surface area contributed by atoms with E-state index in [1.165, 1.54) is 37.5 Å². The second kappa shape index (κ2) is 11.5. The number of aromatic nitrogens is 9. The van der Waals surface area contributed by atoms with E-state index in [4.69, 9.17) is 5.11 Å². The van der Waals surface area contributed by atoms with Crippen LogP contribution in [0.15, 0.2) is 49.1 Å². The fourth-order valence-corrected chi connectivity index (χ4v) is 4.41. The van der Waals surface area contributed by atoms with Crippen molar-refractivity contribution in [3.8, 4) is 22.8 Å². The van der Waals surface area contributed by atoms with E-state index in [0.717, 1.165) is 18.2 Å². The molecule has 4 aromatic heterocycles. The van der Waals surface area contributed by atoms with Crippen molar-refractivity contribution >= 4 is 23.3 Å². The lowest BCUT2D eigenvalue weighted by Gasteiger charge is -2.35. The Hall–Kier alpha value is -5.82. The summed E-state index contributed by atoms with van der Waals surface area (Å²) >= 11 is 0. The molecule has 16 nitrogen and oxygen atoms in total. The Kier molecular flexibility index (Phi) is 7.37. The van der Waals surface area contributed by atoms with Crippen molar-refractivity contribution in [1.29, 1.82) is 0 Å². The third-order valence-corrected chi connectivity index (χ3v) is 6.41. The number of rotatable bonds is 10. The van der Waals surface area contributed by atoms with Crippen molar-refractivity contribution in [1.82, 2.24) is 49.5 Å². The van der Waals surface area contributed by atoms with E-state index in [0.29, 0.717) is 0 Å². The fraction of sp³-hybridized carbons (Fsp3) is 0.250. The molecule has 5 heterocycles. The number of hydrogen-bond donors (Lipinski definition) is 2. The highest BCUT2D eigenvalue weighted by Gasteiger charge is 2.33. The largest absolute Gasteiger partial charge is 0.465 e. The van der Waals surface area contributed by atoms with Crippen molar-refractivity contribution in [2.45, 2.75) is 25.8 Å². The summed E-state index contributed by atoms with van der Waals surface area (Å²) in [5.74, 6) is -1.35. The topological polar surface area (TPSA) is 180 Å². The lowest BCUT2D eigenvalue weighted by molar-refractivity contribution is -0.0526. The number of carbonyl (C=O) groups excluding carboxylic acids is 1. The Morgan fingerprint density at radius 1 is 1.11 bits per heavy atom. The number of hydrogen-bond acceptors (Lipinski definition) is 10. The molecule has 0 spiro atoms. The normalized spacial score (nSPS) is 13.5. The minimum Gasteiger partial charge on any atom is -0.465 e. The molecular weight excluding hydrogens is 598 g/mol. The first-order valence-electron chi connectivity index (χ1n) is 12.6. The van der Waals surface area contributed by atoms with Crippen molar-refractivity contribution in [3.63, 3.8) is 0 Å². The number of fused-ring (bicyclic) bond motifs is 1. The highest BCUT2D eigenvalue weighted by atomic mass is 19.3. The van der Waals surface area contributed by atoms with Crippen LogP contribution in [-0.2, 0) is 6.54 Å². The van der Waals surface area contributed by atoms with Gasteiger partial charge in [-0.25, -0.2) is 14.3 Å². The van der Waals surface area contributed by atoms with E-state index in [-0.39, 0.29) is 65.4 Å². The molecule has 1 fully saturated rings. The molecule has 0 bridgehead atoms. The molecule has 6 rings (SSSR count). The molecule has 0 saturated carbocycles. The number of tetrazole rings is 1. The van der Waals surface area contributed by atoms with E-state index < -0.39 is 31.0 Å². The van der Waals surface area contributed by atoms with Gasteiger partial charge >= 0.3 is 19.3 Å². The van der Waals surface area contributed by atoms with Crippen molar-refractivity contribution in [2.24, 2.45) is 0 Å². The number of alkyl halides is 4. The van der Waals surface area contributed by atoms with E-state index in [9.17, 15) is 27.2 Å². The first kappa shape index (κ1) is 28.3. The minimum atomic E-state index is -3.27. The summed E-state index contributed by atoms with van der Waals surface area (Å²) in [7, 11) is 0. The number of amides is 2. The third kappa shape index (κ3) is 5.76. The summed E-state index contributed by atoms with van der Waals surface area (Å²) in [5.41, 5.74) is -0.0611. The average Bonchev–Trinajstić information content (AvgIpc) is 3.67. The lowest BCUT2D eigenvalue weighted by Crippen LogP contribution is -2.50. The SMILES string of the molecule is O=C(Nc1cn(Cc2nnn(C3CN(C(=O)O)C3)n2)nc1-c1cc(OC(F)F)ccc1OC(F)F)c1cnn2cccnc12. The summed E-state index contributed by atoms with van der Waals surface area (Å²) < 4.78 is 64.2. The number of carboxylic acid groups (broad SMARTS) is 1. The number of nitrogens with one attached hydrogen (secondary N) is 1. The Morgan fingerprint density at radius 3 is 2.66 bits per heavy atom. The molecule has 228 valence electrons. The molecular formula is C24H19F4N11O5. The molecule has 20 heteroatoms. The van der Waals surface area contributed by atoms with Crippen LogP contribution in [0.3, 0.4) is 0 Å². The van der Waals surface area contributed by atoms with Gasteiger partial charge in [-0.05, 0) is 29.5 Å². The molecule has 0 unspecified atom stereocenters. The van der Waals surface area contributed by atoms with E-state index >= 15 is 0 Å². The summed E-state index contributed by atoms with van der Waals surface area (Å²) in [6.07, 6.45) is 4.59. The average molecular weight is 617 g/mol. The van der Waals surface area contributed by atoms with Crippen LogP contribution in [0.5, 0.6) is 11.5 Å². The van der Waals surface area contributed by atoms with Gasteiger partial charge in [-0.1, -0.05) is 0 Å². The van der Waals surface area contributed by atoms with Crippen LogP contribution < -0.4 is 14.8 Å². The van der Waals surface area contributed by atoms with Crippen LogP contribution in [0.2, 0.25) is 0 Å². The second-order valence-corrected chi connectivity index (χ2v) is 9.27. The number of carbonyl (C=O) groups is 2. The summed E-state index contributed by atoms with van der Waals surface area (Å²) in [6, 6.07) is 4.33.